The second kappa shape index (κ2) is 12.9. The molecule has 0 unspecified atom stereocenters. The van der Waals surface area contributed by atoms with Gasteiger partial charge in [-0.1, -0.05) is 111 Å². The quantitative estimate of drug-likeness (QED) is 0.229. The highest BCUT2D eigenvalue weighted by Crippen LogP contribution is 2.24. The van der Waals surface area contributed by atoms with Crippen LogP contribution in [0.5, 0.6) is 0 Å². The topological polar surface area (TPSA) is 61.4 Å². The van der Waals surface area contributed by atoms with E-state index in [2.05, 4.69) is 91.2 Å². The first-order chi connectivity index (χ1) is 19.5. The predicted molar refractivity (Wildman–Crippen MR) is 163 cm³/mol. The molecule has 5 nitrogen and oxygen atoms in total. The first kappa shape index (κ1) is 27.6. The zero-order valence-electron chi connectivity index (χ0n) is 23.5. The number of hydrogen-bond donors (Lipinski definition) is 2. The molecule has 1 heterocycles. The number of hydrogen-bond acceptors (Lipinski definition) is 3. The van der Waals surface area contributed by atoms with E-state index in [4.69, 9.17) is 0 Å². The molecule has 2 N–H and O–H groups in total. The summed E-state index contributed by atoms with van der Waals surface area (Å²) in [6.45, 7) is 5.59. The van der Waals surface area contributed by atoms with E-state index in [0.29, 0.717) is 25.4 Å². The van der Waals surface area contributed by atoms with Crippen LogP contribution in [0.2, 0.25) is 0 Å². The Balaban J connectivity index is 1.33. The second-order valence-electron chi connectivity index (χ2n) is 11.1. The molecule has 1 fully saturated rings. The van der Waals surface area contributed by atoms with E-state index in [1.807, 2.05) is 35.2 Å². The number of benzene rings is 4. The zero-order valence-corrected chi connectivity index (χ0v) is 23.5. The Labute approximate surface area is 237 Å². The number of fused-ring (bicyclic) bond motifs is 1. The highest BCUT2D eigenvalue weighted by molar-refractivity contribution is 5.97. The lowest BCUT2D eigenvalue weighted by atomic mass is 9.95. The number of rotatable bonds is 11. The summed E-state index contributed by atoms with van der Waals surface area (Å²) in [6.07, 6.45) is 2.98. The van der Waals surface area contributed by atoms with Crippen LogP contribution >= 0.6 is 0 Å². The van der Waals surface area contributed by atoms with Gasteiger partial charge in [-0.15, -0.1) is 0 Å². The van der Waals surface area contributed by atoms with Gasteiger partial charge in [0.2, 0.25) is 11.8 Å². The molecule has 206 valence electrons. The summed E-state index contributed by atoms with van der Waals surface area (Å²) in [5.74, 6) is -0.0617. The van der Waals surface area contributed by atoms with Crippen molar-refractivity contribution in [3.63, 3.8) is 0 Å². The average molecular weight is 534 g/mol. The molecular formula is C35H39N3O2. The minimum atomic E-state index is -0.573. The first-order valence-corrected chi connectivity index (χ1v) is 14.4. The highest BCUT2D eigenvalue weighted by atomic mass is 16.2. The molecule has 1 saturated heterocycles. The Hall–Kier alpha value is -3.96. The predicted octanol–water partition coefficient (Wildman–Crippen LogP) is 6.11. The maximum atomic E-state index is 13.9. The van der Waals surface area contributed by atoms with Crippen molar-refractivity contribution in [2.45, 2.75) is 64.2 Å². The van der Waals surface area contributed by atoms with Gasteiger partial charge in [0.25, 0.3) is 0 Å². The van der Waals surface area contributed by atoms with Gasteiger partial charge in [0.15, 0.2) is 0 Å². The van der Waals surface area contributed by atoms with Crippen molar-refractivity contribution in [3.05, 3.63) is 108 Å². The van der Waals surface area contributed by atoms with E-state index in [1.54, 1.807) is 0 Å². The summed E-state index contributed by atoms with van der Waals surface area (Å²) >= 11 is 0. The van der Waals surface area contributed by atoms with Crippen LogP contribution in [-0.2, 0) is 22.6 Å². The van der Waals surface area contributed by atoms with Gasteiger partial charge in [-0.05, 0) is 58.8 Å². The number of carbonyl (C=O) groups excluding carboxylic acids is 2. The molecule has 0 saturated carbocycles. The van der Waals surface area contributed by atoms with Gasteiger partial charge in [0, 0.05) is 19.0 Å². The van der Waals surface area contributed by atoms with Gasteiger partial charge in [0.1, 0.15) is 12.1 Å². The van der Waals surface area contributed by atoms with Crippen molar-refractivity contribution in [1.82, 2.24) is 15.5 Å². The molecule has 5 rings (SSSR count). The van der Waals surface area contributed by atoms with Crippen molar-refractivity contribution in [3.8, 4) is 11.1 Å². The molecule has 0 spiro atoms. The van der Waals surface area contributed by atoms with Crippen LogP contribution < -0.4 is 10.6 Å². The van der Waals surface area contributed by atoms with Gasteiger partial charge in [-0.25, -0.2) is 0 Å². The number of nitrogens with one attached hydrogen (secondary N) is 2. The number of piperazine rings is 1. The second-order valence-corrected chi connectivity index (χ2v) is 11.1. The van der Waals surface area contributed by atoms with Gasteiger partial charge in [-0.2, -0.15) is 0 Å². The first-order valence-electron chi connectivity index (χ1n) is 14.4. The number of carbonyl (C=O) groups is 2. The zero-order chi connectivity index (χ0) is 27.9. The van der Waals surface area contributed by atoms with Crippen LogP contribution in [-0.4, -0.2) is 41.4 Å². The van der Waals surface area contributed by atoms with Crippen LogP contribution in [0.1, 0.15) is 44.2 Å². The van der Waals surface area contributed by atoms with Crippen molar-refractivity contribution < 1.29 is 9.59 Å². The smallest absolute Gasteiger partial charge is 0.246 e. The molecule has 4 aromatic carbocycles. The lowest BCUT2D eigenvalue weighted by molar-refractivity contribution is -0.150. The maximum absolute atomic E-state index is 13.9. The Kier molecular flexibility index (Phi) is 8.92. The molecule has 0 radical (unpaired) electrons. The van der Waals surface area contributed by atoms with E-state index < -0.39 is 12.1 Å². The molecule has 40 heavy (non-hydrogen) atoms. The van der Waals surface area contributed by atoms with Crippen molar-refractivity contribution >= 4 is 22.6 Å². The SMILES string of the molecule is CC(C)NCCCC[C@H]1C(=O)N[C@@H](Cc2ccc3ccccc3c2)C(=O)N1Cc1ccc(-c2ccccc2)cc1. The fourth-order valence-electron chi connectivity index (χ4n) is 5.52. The van der Waals surface area contributed by atoms with Gasteiger partial charge in [-0.3, -0.25) is 9.59 Å². The molecule has 0 bridgehead atoms. The van der Waals surface area contributed by atoms with Crippen molar-refractivity contribution in [2.24, 2.45) is 0 Å². The van der Waals surface area contributed by atoms with E-state index in [-0.39, 0.29) is 11.8 Å². The van der Waals surface area contributed by atoms with Gasteiger partial charge in [0.05, 0.1) is 0 Å². The lowest BCUT2D eigenvalue weighted by Gasteiger charge is -2.39. The summed E-state index contributed by atoms with van der Waals surface area (Å²) in [7, 11) is 0. The van der Waals surface area contributed by atoms with E-state index >= 15 is 0 Å². The summed E-state index contributed by atoms with van der Waals surface area (Å²) in [5, 5.41) is 8.81. The Morgan fingerprint density at radius 3 is 2.20 bits per heavy atom. The average Bonchev–Trinajstić information content (AvgIpc) is 2.97. The Bertz CT molecular complexity index is 1430. The maximum Gasteiger partial charge on any atom is 0.246 e. The normalized spacial score (nSPS) is 17.4. The van der Waals surface area contributed by atoms with Gasteiger partial charge >= 0.3 is 0 Å². The third-order valence-corrected chi connectivity index (χ3v) is 7.70. The molecule has 0 aromatic heterocycles. The number of nitrogens with zero attached hydrogens (tertiary/aromatic N) is 1. The standard InChI is InChI=1S/C35H39N3O2/c1-25(2)36-21-9-8-14-33-34(39)37-32(23-27-17-20-29-12-6-7-13-31(29)22-27)35(40)38(33)24-26-15-18-30(19-16-26)28-10-4-3-5-11-28/h3-7,10-13,15-20,22,25,32-33,36H,8-9,14,21,23-24H2,1-2H3,(H,37,39)/t32-,33-/m0/s1. The molecule has 5 heteroatoms. The minimum Gasteiger partial charge on any atom is -0.342 e. The van der Waals surface area contributed by atoms with Crippen LogP contribution in [0.25, 0.3) is 21.9 Å². The molecule has 0 aliphatic carbocycles. The summed E-state index contributed by atoms with van der Waals surface area (Å²) in [5.41, 5.74) is 4.36. The molecule has 1 aliphatic rings. The molecule has 2 amide bonds. The van der Waals surface area contributed by atoms with E-state index in [1.165, 1.54) is 0 Å². The monoisotopic (exact) mass is 533 g/mol. The third-order valence-electron chi connectivity index (χ3n) is 7.70. The minimum absolute atomic E-state index is 0.00907. The van der Waals surface area contributed by atoms with Gasteiger partial charge < -0.3 is 15.5 Å². The van der Waals surface area contributed by atoms with Crippen LogP contribution in [0.15, 0.2) is 97.1 Å². The highest BCUT2D eigenvalue weighted by Gasteiger charge is 2.40. The third kappa shape index (κ3) is 6.78. The summed E-state index contributed by atoms with van der Waals surface area (Å²) in [6, 6.07) is 32.5. The fourth-order valence-corrected chi connectivity index (χ4v) is 5.52. The summed E-state index contributed by atoms with van der Waals surface area (Å²) in [4.78, 5) is 29.2. The Morgan fingerprint density at radius 2 is 1.45 bits per heavy atom. The molecule has 1 aliphatic heterocycles. The Morgan fingerprint density at radius 1 is 0.775 bits per heavy atom. The van der Waals surface area contributed by atoms with Crippen LogP contribution in [0, 0.1) is 0 Å². The molecule has 2 atom stereocenters. The van der Waals surface area contributed by atoms with E-state index in [9.17, 15) is 9.59 Å². The molecular weight excluding hydrogens is 494 g/mol. The van der Waals surface area contributed by atoms with Crippen molar-refractivity contribution in [2.75, 3.05) is 6.54 Å². The number of amides is 2. The lowest BCUT2D eigenvalue weighted by Crippen LogP contribution is -2.63. The summed E-state index contributed by atoms with van der Waals surface area (Å²) < 4.78 is 0. The van der Waals surface area contributed by atoms with E-state index in [0.717, 1.165) is 52.4 Å². The molecule has 4 aromatic rings. The van der Waals surface area contributed by atoms with Crippen molar-refractivity contribution in [1.29, 1.82) is 0 Å². The van der Waals surface area contributed by atoms with Crippen LogP contribution in [0.4, 0.5) is 0 Å². The van der Waals surface area contributed by atoms with Crippen LogP contribution in [0.3, 0.4) is 0 Å². The largest absolute Gasteiger partial charge is 0.342 e. The fraction of sp³-hybridized carbons (Fsp3) is 0.314. The number of unbranched alkanes of at least 4 members (excludes halogenated alkanes) is 1.